The fourth-order valence-electron chi connectivity index (χ4n) is 0.968. The lowest BCUT2D eigenvalue weighted by Gasteiger charge is -2.29. The van der Waals surface area contributed by atoms with Crippen LogP contribution in [0.15, 0.2) is 5.16 Å². The molecule has 102 valence electrons. The molecular formula is C8H16F3N3O3. The summed E-state index contributed by atoms with van der Waals surface area (Å²) in [6.45, 7) is -0.474. The van der Waals surface area contributed by atoms with Gasteiger partial charge in [-0.25, -0.2) is 0 Å². The summed E-state index contributed by atoms with van der Waals surface area (Å²) in [7, 11) is 0. The van der Waals surface area contributed by atoms with Crippen LogP contribution in [0.3, 0.4) is 0 Å². The van der Waals surface area contributed by atoms with Crippen molar-refractivity contribution in [3.8, 4) is 0 Å². The highest BCUT2D eigenvalue weighted by molar-refractivity contribution is 5.83. The summed E-state index contributed by atoms with van der Waals surface area (Å²) in [5, 5.41) is 30.7. The highest BCUT2D eigenvalue weighted by Gasteiger charge is 2.43. The van der Waals surface area contributed by atoms with Gasteiger partial charge in [0.1, 0.15) is 5.92 Å². The Kier molecular flexibility index (Phi) is 5.66. The average Bonchev–Trinajstić information content (AvgIpc) is 2.26. The van der Waals surface area contributed by atoms with Crippen LogP contribution in [0.5, 0.6) is 0 Å². The Balaban J connectivity index is 4.69. The quantitative estimate of drug-likeness (QED) is 0.186. The monoisotopic (exact) mass is 259 g/mol. The van der Waals surface area contributed by atoms with Gasteiger partial charge in [0.15, 0.2) is 5.84 Å². The van der Waals surface area contributed by atoms with Gasteiger partial charge >= 0.3 is 6.18 Å². The maximum absolute atomic E-state index is 12.5. The molecule has 0 amide bonds. The van der Waals surface area contributed by atoms with E-state index in [-0.39, 0.29) is 0 Å². The van der Waals surface area contributed by atoms with Crippen molar-refractivity contribution < 1.29 is 28.6 Å². The van der Waals surface area contributed by atoms with Crippen molar-refractivity contribution in [3.63, 3.8) is 0 Å². The van der Waals surface area contributed by atoms with Crippen LogP contribution in [0.1, 0.15) is 6.92 Å². The number of nitrogens with zero attached hydrogens (tertiary/aromatic N) is 1. The fraction of sp³-hybridized carbons (Fsp3) is 0.875. The number of aliphatic hydroxyl groups excluding tert-OH is 2. The third-order valence-corrected chi connectivity index (χ3v) is 2.30. The zero-order valence-corrected chi connectivity index (χ0v) is 9.20. The molecule has 1 unspecified atom stereocenters. The van der Waals surface area contributed by atoms with Gasteiger partial charge < -0.3 is 26.5 Å². The Morgan fingerprint density at radius 1 is 1.35 bits per heavy atom. The molecule has 0 aromatic carbocycles. The van der Waals surface area contributed by atoms with Crippen LogP contribution >= 0.6 is 0 Å². The van der Waals surface area contributed by atoms with E-state index in [0.717, 1.165) is 0 Å². The number of hydrogen-bond donors (Lipinski definition) is 5. The Bertz CT molecular complexity index is 266. The minimum absolute atomic E-state index is 0.551. The van der Waals surface area contributed by atoms with E-state index < -0.39 is 43.2 Å². The van der Waals surface area contributed by atoms with Crippen LogP contribution in [-0.2, 0) is 0 Å². The molecule has 0 bridgehead atoms. The van der Waals surface area contributed by atoms with E-state index >= 15 is 0 Å². The molecule has 0 rings (SSSR count). The number of amidine groups is 1. The van der Waals surface area contributed by atoms with Crippen molar-refractivity contribution in [1.29, 1.82) is 0 Å². The van der Waals surface area contributed by atoms with Gasteiger partial charge in [0.25, 0.3) is 0 Å². The lowest BCUT2D eigenvalue weighted by atomic mass is 10.0. The number of rotatable bonds is 6. The van der Waals surface area contributed by atoms with Crippen LogP contribution in [0, 0.1) is 5.92 Å². The molecule has 6 nitrogen and oxygen atoms in total. The molecule has 0 fully saturated rings. The van der Waals surface area contributed by atoms with Crippen LogP contribution in [0.25, 0.3) is 0 Å². The first-order valence-electron chi connectivity index (χ1n) is 4.71. The number of alkyl halides is 3. The van der Waals surface area contributed by atoms with Crippen molar-refractivity contribution in [2.24, 2.45) is 16.8 Å². The summed E-state index contributed by atoms with van der Waals surface area (Å²) >= 11 is 0. The average molecular weight is 259 g/mol. The van der Waals surface area contributed by atoms with Gasteiger partial charge in [0.2, 0.25) is 0 Å². The van der Waals surface area contributed by atoms with E-state index in [2.05, 4.69) is 10.5 Å². The molecule has 0 aliphatic heterocycles. The molecule has 0 aliphatic carbocycles. The molecule has 0 heterocycles. The second kappa shape index (κ2) is 6.03. The van der Waals surface area contributed by atoms with Gasteiger partial charge in [-0.1, -0.05) is 5.16 Å². The smallest absolute Gasteiger partial charge is 0.400 e. The molecule has 0 saturated heterocycles. The van der Waals surface area contributed by atoms with Gasteiger partial charge in [-0.3, -0.25) is 0 Å². The van der Waals surface area contributed by atoms with E-state index in [1.54, 1.807) is 0 Å². The minimum atomic E-state index is -4.69. The molecule has 9 heteroatoms. The molecule has 0 aromatic heterocycles. The van der Waals surface area contributed by atoms with Crippen molar-refractivity contribution >= 4 is 5.84 Å². The number of halogens is 3. The summed E-state index contributed by atoms with van der Waals surface area (Å²) in [6, 6.07) is 0. The standard InChI is InChI=1S/C8H16F3N3O3/c1-7(3-15,4-16)13-2-5(6(12)14-17)8(9,10)11/h5,13,15-17H,2-4H2,1H3,(H2,12,14). The van der Waals surface area contributed by atoms with Crippen molar-refractivity contribution in [3.05, 3.63) is 0 Å². The number of hydrogen-bond acceptors (Lipinski definition) is 5. The first-order valence-corrected chi connectivity index (χ1v) is 4.71. The second-order valence-electron chi connectivity index (χ2n) is 3.88. The van der Waals surface area contributed by atoms with Crippen LogP contribution in [0.4, 0.5) is 13.2 Å². The summed E-state index contributed by atoms with van der Waals surface area (Å²) in [5.74, 6) is -3.17. The largest absolute Gasteiger partial charge is 0.409 e. The Morgan fingerprint density at radius 2 is 1.82 bits per heavy atom. The summed E-state index contributed by atoms with van der Waals surface area (Å²) in [6.07, 6.45) is -4.69. The highest BCUT2D eigenvalue weighted by Crippen LogP contribution is 2.26. The lowest BCUT2D eigenvalue weighted by molar-refractivity contribution is -0.156. The normalized spacial score (nSPS) is 16.0. The van der Waals surface area contributed by atoms with E-state index in [9.17, 15) is 13.2 Å². The number of nitrogens with two attached hydrogens (primary N) is 1. The van der Waals surface area contributed by atoms with Gasteiger partial charge in [-0.15, -0.1) is 0 Å². The molecule has 6 N–H and O–H groups in total. The second-order valence-corrected chi connectivity index (χ2v) is 3.88. The SMILES string of the molecule is CC(CO)(CO)NCC(C(N)=NO)C(F)(F)F. The maximum Gasteiger partial charge on any atom is 0.400 e. The first kappa shape index (κ1) is 15.9. The predicted octanol–water partition coefficient (Wildman–Crippen LogP) is -0.756. The lowest BCUT2D eigenvalue weighted by Crippen LogP contribution is -2.54. The number of nitrogens with one attached hydrogen (secondary N) is 1. The van der Waals surface area contributed by atoms with Crippen molar-refractivity contribution in [2.45, 2.75) is 18.6 Å². The first-order chi connectivity index (χ1) is 7.70. The maximum atomic E-state index is 12.5. The van der Waals surface area contributed by atoms with E-state index in [0.29, 0.717) is 0 Å². The van der Waals surface area contributed by atoms with Crippen LogP contribution in [-0.4, -0.2) is 52.7 Å². The Morgan fingerprint density at radius 3 is 2.12 bits per heavy atom. The third-order valence-electron chi connectivity index (χ3n) is 2.30. The molecule has 0 saturated carbocycles. The molecule has 17 heavy (non-hydrogen) atoms. The van der Waals surface area contributed by atoms with Gasteiger partial charge in [0, 0.05) is 6.54 Å². The zero-order valence-electron chi connectivity index (χ0n) is 9.20. The predicted molar refractivity (Wildman–Crippen MR) is 53.5 cm³/mol. The molecule has 0 aliphatic rings. The van der Waals surface area contributed by atoms with Crippen molar-refractivity contribution in [2.75, 3.05) is 19.8 Å². The Labute approximate surface area is 95.9 Å². The van der Waals surface area contributed by atoms with Crippen molar-refractivity contribution in [1.82, 2.24) is 5.32 Å². The van der Waals surface area contributed by atoms with E-state index in [1.807, 2.05) is 0 Å². The Hall–Kier alpha value is -1.06. The number of aliphatic hydroxyl groups is 2. The topological polar surface area (TPSA) is 111 Å². The molecular weight excluding hydrogens is 243 g/mol. The molecule has 0 aromatic rings. The number of oxime groups is 1. The van der Waals surface area contributed by atoms with Crippen LogP contribution < -0.4 is 11.1 Å². The summed E-state index contributed by atoms with van der Waals surface area (Å²) in [4.78, 5) is 0. The van der Waals surface area contributed by atoms with Gasteiger partial charge in [0.05, 0.1) is 18.8 Å². The fourth-order valence-corrected chi connectivity index (χ4v) is 0.968. The highest BCUT2D eigenvalue weighted by atomic mass is 19.4. The van der Waals surface area contributed by atoms with E-state index in [4.69, 9.17) is 21.2 Å². The van der Waals surface area contributed by atoms with Gasteiger partial charge in [-0.2, -0.15) is 13.2 Å². The summed E-state index contributed by atoms with van der Waals surface area (Å²) < 4.78 is 37.5. The zero-order chi connectivity index (χ0) is 13.7. The summed E-state index contributed by atoms with van der Waals surface area (Å²) in [5.41, 5.74) is 3.67. The third kappa shape index (κ3) is 4.75. The minimum Gasteiger partial charge on any atom is -0.409 e. The molecule has 1 atom stereocenters. The van der Waals surface area contributed by atoms with Crippen LogP contribution in [0.2, 0.25) is 0 Å². The molecule has 0 spiro atoms. The van der Waals surface area contributed by atoms with E-state index in [1.165, 1.54) is 6.92 Å². The molecule has 0 radical (unpaired) electrons. The van der Waals surface area contributed by atoms with Gasteiger partial charge in [-0.05, 0) is 6.92 Å².